The summed E-state index contributed by atoms with van der Waals surface area (Å²) in [6, 6.07) is 14.3. The first-order valence-corrected chi connectivity index (χ1v) is 11.2. The van der Waals surface area contributed by atoms with Gasteiger partial charge in [0.15, 0.2) is 12.5 Å². The third kappa shape index (κ3) is 4.78. The highest BCUT2D eigenvalue weighted by Gasteiger charge is 2.52. The molecule has 0 aromatic heterocycles. The van der Waals surface area contributed by atoms with E-state index in [4.69, 9.17) is 31.3 Å². The Balaban J connectivity index is 1.61. The molecular weight excluding hydrogens is 464 g/mol. The van der Waals surface area contributed by atoms with Crippen LogP contribution in [0.4, 0.5) is 0 Å². The van der Waals surface area contributed by atoms with Crippen LogP contribution < -0.4 is 0 Å². The lowest BCUT2D eigenvalue weighted by Crippen LogP contribution is -2.66. The second-order valence-corrected chi connectivity index (χ2v) is 8.22. The quantitative estimate of drug-likeness (QED) is 0.298. The van der Waals surface area contributed by atoms with Gasteiger partial charge in [-0.25, -0.2) is 0 Å². The van der Waals surface area contributed by atoms with Crippen molar-refractivity contribution in [2.75, 3.05) is 6.61 Å². The molecule has 10 nitrogen and oxygen atoms in total. The number of carbonyl (C=O) groups is 2. The maximum Gasteiger partial charge on any atom is 0.262 e. The number of rotatable bonds is 5. The number of ether oxygens (including phenoxy) is 3. The van der Waals surface area contributed by atoms with Gasteiger partial charge in [-0.3, -0.25) is 14.5 Å². The molecule has 2 aromatic rings. The maximum absolute atomic E-state index is 13.3. The second-order valence-electron chi connectivity index (χ2n) is 7.95. The summed E-state index contributed by atoms with van der Waals surface area (Å²) < 4.78 is 17.7. The number of alkyl halides is 1. The fourth-order valence-electron chi connectivity index (χ4n) is 4.08. The summed E-state index contributed by atoms with van der Waals surface area (Å²) in [6.45, 7) is 1.23. The van der Waals surface area contributed by atoms with Gasteiger partial charge in [-0.15, -0.1) is 11.6 Å². The van der Waals surface area contributed by atoms with E-state index < -0.39 is 48.7 Å². The summed E-state index contributed by atoms with van der Waals surface area (Å²) >= 11 is 5.81. The molecule has 2 heterocycles. The minimum absolute atomic E-state index is 0.0329. The Morgan fingerprint density at radius 1 is 1.18 bits per heavy atom. The summed E-state index contributed by atoms with van der Waals surface area (Å²) in [5.41, 5.74) is 10.9. The van der Waals surface area contributed by atoms with Crippen molar-refractivity contribution in [2.24, 2.45) is 5.11 Å². The predicted octanol–water partition coefficient (Wildman–Crippen LogP) is 3.29. The molecular formula is C23H23ClN4O6. The number of aliphatic hydroxyl groups is 1. The van der Waals surface area contributed by atoms with Gasteiger partial charge < -0.3 is 19.3 Å². The number of hydrogen-bond acceptors (Lipinski definition) is 7. The largest absolute Gasteiger partial charge is 0.390 e. The highest BCUT2D eigenvalue weighted by Crippen LogP contribution is 2.36. The number of halogens is 1. The van der Waals surface area contributed by atoms with Gasteiger partial charge in [0.05, 0.1) is 12.7 Å². The molecule has 34 heavy (non-hydrogen) atoms. The van der Waals surface area contributed by atoms with E-state index in [1.165, 1.54) is 19.1 Å². The van der Waals surface area contributed by atoms with Crippen molar-refractivity contribution >= 4 is 23.4 Å². The normalized spacial score (nSPS) is 28.3. The molecule has 6 atom stereocenters. The van der Waals surface area contributed by atoms with Crippen LogP contribution in [0.25, 0.3) is 10.4 Å². The number of fused-ring (bicyclic) bond motifs is 1. The Morgan fingerprint density at radius 2 is 1.88 bits per heavy atom. The van der Waals surface area contributed by atoms with Crippen LogP contribution in [0.5, 0.6) is 0 Å². The van der Waals surface area contributed by atoms with Crippen LogP contribution in [-0.2, 0) is 24.9 Å². The zero-order chi connectivity index (χ0) is 24.2. The molecule has 1 N–H and O–H groups in total. The number of imide groups is 1. The molecule has 178 valence electrons. The molecule has 2 fully saturated rings. The SMILES string of the molecule is CC(=O)N(C(=O)c1ccc(CCl)cc1)[C@H]1O[C@@H]2CO[C@@H](c3ccccc3)O[C@H]2[C@H](O)[C@H]1N=[N+]=[N-]. The molecule has 0 saturated carbocycles. The Morgan fingerprint density at radius 3 is 2.50 bits per heavy atom. The summed E-state index contributed by atoms with van der Waals surface area (Å²) in [4.78, 5) is 29.5. The van der Waals surface area contributed by atoms with Gasteiger partial charge in [0.1, 0.15) is 18.2 Å². The molecule has 2 aromatic carbocycles. The highest BCUT2D eigenvalue weighted by molar-refractivity contribution is 6.17. The van der Waals surface area contributed by atoms with Gasteiger partial charge >= 0.3 is 0 Å². The van der Waals surface area contributed by atoms with Crippen molar-refractivity contribution < 1.29 is 28.9 Å². The molecule has 11 heteroatoms. The minimum atomic E-state index is -1.36. The van der Waals surface area contributed by atoms with E-state index in [1.54, 1.807) is 12.1 Å². The van der Waals surface area contributed by atoms with Crippen LogP contribution in [0, 0.1) is 0 Å². The first-order valence-electron chi connectivity index (χ1n) is 10.6. The lowest BCUT2D eigenvalue weighted by Gasteiger charge is -2.48. The summed E-state index contributed by atoms with van der Waals surface area (Å²) in [7, 11) is 0. The fraction of sp³-hybridized carbons (Fsp3) is 0.391. The van der Waals surface area contributed by atoms with Crippen LogP contribution in [-0.4, -0.2) is 59.0 Å². The topological polar surface area (TPSA) is 134 Å². The van der Waals surface area contributed by atoms with Gasteiger partial charge in [0, 0.05) is 28.8 Å². The van der Waals surface area contributed by atoms with Crippen molar-refractivity contribution in [1.29, 1.82) is 0 Å². The second kappa shape index (κ2) is 10.5. The fourth-order valence-corrected chi connectivity index (χ4v) is 4.26. The van der Waals surface area contributed by atoms with Crippen molar-refractivity contribution in [3.63, 3.8) is 0 Å². The highest BCUT2D eigenvalue weighted by atomic mass is 35.5. The Hall–Kier alpha value is -2.98. The van der Waals surface area contributed by atoms with Gasteiger partial charge in [-0.05, 0) is 23.2 Å². The molecule has 0 unspecified atom stereocenters. The Kier molecular flexibility index (Phi) is 7.47. The van der Waals surface area contributed by atoms with Crippen molar-refractivity contribution in [3.05, 3.63) is 81.7 Å². The zero-order valence-corrected chi connectivity index (χ0v) is 19.0. The van der Waals surface area contributed by atoms with Gasteiger partial charge in [-0.1, -0.05) is 47.6 Å². The summed E-state index contributed by atoms with van der Waals surface area (Å²) in [6.07, 6.45) is -5.18. The van der Waals surface area contributed by atoms with Crippen molar-refractivity contribution in [1.82, 2.24) is 4.90 Å². The molecule has 2 saturated heterocycles. The zero-order valence-electron chi connectivity index (χ0n) is 18.2. The predicted molar refractivity (Wildman–Crippen MR) is 120 cm³/mol. The lowest BCUT2D eigenvalue weighted by atomic mass is 9.94. The van der Waals surface area contributed by atoms with Crippen LogP contribution in [0.3, 0.4) is 0 Å². The van der Waals surface area contributed by atoms with E-state index in [9.17, 15) is 14.7 Å². The lowest BCUT2D eigenvalue weighted by molar-refractivity contribution is -0.321. The molecule has 2 amide bonds. The van der Waals surface area contributed by atoms with E-state index >= 15 is 0 Å². The van der Waals surface area contributed by atoms with E-state index in [0.717, 1.165) is 16.0 Å². The van der Waals surface area contributed by atoms with Crippen molar-refractivity contribution in [2.45, 2.75) is 49.7 Å². The number of azide groups is 1. The first kappa shape index (κ1) is 24.2. The maximum atomic E-state index is 13.3. The molecule has 0 bridgehead atoms. The number of carbonyl (C=O) groups excluding carboxylic acids is 2. The molecule has 0 radical (unpaired) electrons. The van der Waals surface area contributed by atoms with E-state index in [1.807, 2.05) is 30.3 Å². The average molecular weight is 487 g/mol. The number of hydrogen-bond donors (Lipinski definition) is 1. The van der Waals surface area contributed by atoms with E-state index in [0.29, 0.717) is 0 Å². The molecule has 2 aliphatic heterocycles. The van der Waals surface area contributed by atoms with Gasteiger partial charge in [-0.2, -0.15) is 0 Å². The van der Waals surface area contributed by atoms with E-state index in [2.05, 4.69) is 10.0 Å². The smallest absolute Gasteiger partial charge is 0.262 e. The summed E-state index contributed by atoms with van der Waals surface area (Å²) in [5, 5.41) is 14.8. The van der Waals surface area contributed by atoms with Crippen LogP contribution in [0.1, 0.15) is 34.7 Å². The average Bonchev–Trinajstić information content (AvgIpc) is 2.86. The van der Waals surface area contributed by atoms with E-state index in [-0.39, 0.29) is 18.1 Å². The molecule has 4 rings (SSSR count). The van der Waals surface area contributed by atoms with Gasteiger partial charge in [0.25, 0.3) is 5.91 Å². The standard InChI is InChI=1S/C23H23ClN4O6/c1-13(29)28(21(31)15-9-7-14(11-24)8-10-15)22-18(26-27-25)19(30)20-17(33-22)12-32-23(34-20)16-5-3-2-4-6-16/h2-10,17-20,22-23,30H,11-12H2,1H3/t17-,18-,19-,20-,22+,23-/m1/s1. The molecule has 0 spiro atoms. The first-order chi connectivity index (χ1) is 16.4. The van der Waals surface area contributed by atoms with Crippen LogP contribution >= 0.6 is 11.6 Å². The third-order valence-corrected chi connectivity index (χ3v) is 6.08. The summed E-state index contributed by atoms with van der Waals surface area (Å²) in [5.74, 6) is -1.03. The minimum Gasteiger partial charge on any atom is -0.390 e. The number of aliphatic hydroxyl groups excluding tert-OH is 1. The molecule has 0 aliphatic carbocycles. The molecule has 2 aliphatic rings. The van der Waals surface area contributed by atoms with Crippen LogP contribution in [0.2, 0.25) is 0 Å². The third-order valence-electron chi connectivity index (χ3n) is 5.78. The number of nitrogens with zero attached hydrogens (tertiary/aromatic N) is 4. The monoisotopic (exact) mass is 486 g/mol. The van der Waals surface area contributed by atoms with Crippen molar-refractivity contribution in [3.8, 4) is 0 Å². The Bertz CT molecular complexity index is 1080. The van der Waals surface area contributed by atoms with Gasteiger partial charge in [0.2, 0.25) is 5.91 Å². The number of amides is 2. The van der Waals surface area contributed by atoms with Crippen LogP contribution in [0.15, 0.2) is 59.7 Å². The Labute approximate surface area is 200 Å². The number of benzene rings is 2.